The summed E-state index contributed by atoms with van der Waals surface area (Å²) in [7, 11) is 0. The van der Waals surface area contributed by atoms with Gasteiger partial charge < -0.3 is 10.2 Å². The third-order valence-electron chi connectivity index (χ3n) is 0.202. The predicted octanol–water partition coefficient (Wildman–Crippen LogP) is 0.199. The lowest BCUT2D eigenvalue weighted by molar-refractivity contribution is 0.362. The van der Waals surface area contributed by atoms with Crippen molar-refractivity contribution < 1.29 is 13.8 Å². The first-order chi connectivity index (χ1) is 3.41. The Bertz CT molecular complexity index is 30.1. The predicted molar refractivity (Wildman–Crippen MR) is 30.4 cm³/mol. The molecule has 0 aromatic carbocycles. The fourth-order valence-corrected chi connectivity index (χ4v) is 0.693. The van der Waals surface area contributed by atoms with Crippen LogP contribution >= 0.6 is 24.1 Å². The zero-order chi connectivity index (χ0) is 5.54. The van der Waals surface area contributed by atoms with E-state index in [9.17, 15) is 0 Å². The highest BCUT2D eigenvalue weighted by Crippen LogP contribution is 2.10. The summed E-state index contributed by atoms with van der Waals surface area (Å²) in [5.41, 5.74) is 0. The SMILES string of the molecule is OCSOSCO. The molecule has 0 atom stereocenters. The van der Waals surface area contributed by atoms with Crippen molar-refractivity contribution in [2.75, 3.05) is 11.9 Å². The molecule has 0 amide bonds. The maximum atomic E-state index is 8.04. The summed E-state index contributed by atoms with van der Waals surface area (Å²) >= 11 is 1.78. The molecule has 0 aliphatic rings. The summed E-state index contributed by atoms with van der Waals surface area (Å²) in [5, 5.41) is 16.1. The molecule has 0 aliphatic carbocycles. The quantitative estimate of drug-likeness (QED) is 0.333. The van der Waals surface area contributed by atoms with Gasteiger partial charge in [0, 0.05) is 24.1 Å². The number of hydrogen-bond acceptors (Lipinski definition) is 5. The highest BCUT2D eigenvalue weighted by atomic mass is 32.2. The van der Waals surface area contributed by atoms with Gasteiger partial charge in [-0.15, -0.1) is 0 Å². The lowest BCUT2D eigenvalue weighted by atomic mass is 11.7. The molecular weight excluding hydrogens is 136 g/mol. The van der Waals surface area contributed by atoms with Crippen LogP contribution in [0.1, 0.15) is 0 Å². The van der Waals surface area contributed by atoms with Gasteiger partial charge in [-0.2, -0.15) is 0 Å². The molecule has 0 spiro atoms. The van der Waals surface area contributed by atoms with Crippen LogP contribution in [0.25, 0.3) is 0 Å². The number of hydrogen-bond donors (Lipinski definition) is 2. The molecule has 2 N–H and O–H groups in total. The number of aliphatic hydroxyl groups excluding tert-OH is 2. The molecule has 0 saturated heterocycles. The molecule has 0 bridgehead atoms. The fourth-order valence-electron chi connectivity index (χ4n) is 0.0771. The molecule has 3 nitrogen and oxygen atoms in total. The Kier molecular flexibility index (Phi) is 7.13. The van der Waals surface area contributed by atoms with E-state index in [1.807, 2.05) is 0 Å². The van der Waals surface area contributed by atoms with E-state index in [0.717, 1.165) is 24.1 Å². The standard InChI is InChI=1S/C2H6O3S2/c3-1-6-5-7-2-4/h3-4H,1-2H2. The van der Waals surface area contributed by atoms with E-state index < -0.39 is 0 Å². The van der Waals surface area contributed by atoms with E-state index >= 15 is 0 Å². The Balaban J connectivity index is 2.45. The molecule has 0 heterocycles. The van der Waals surface area contributed by atoms with Crippen LogP contribution in [-0.2, 0) is 3.63 Å². The van der Waals surface area contributed by atoms with Crippen molar-refractivity contribution in [2.24, 2.45) is 0 Å². The van der Waals surface area contributed by atoms with E-state index in [4.69, 9.17) is 10.2 Å². The van der Waals surface area contributed by atoms with Gasteiger partial charge in [-0.25, -0.2) is 3.63 Å². The van der Waals surface area contributed by atoms with Crippen molar-refractivity contribution >= 4 is 24.1 Å². The van der Waals surface area contributed by atoms with Crippen LogP contribution in [0, 0.1) is 0 Å². The Morgan fingerprint density at radius 3 is 1.86 bits per heavy atom. The maximum Gasteiger partial charge on any atom is 0.116 e. The minimum absolute atomic E-state index is 0.0764. The first kappa shape index (κ1) is 7.58. The summed E-state index contributed by atoms with van der Waals surface area (Å²) in [5.74, 6) is -0.153. The molecule has 7 heavy (non-hydrogen) atoms. The molecule has 0 radical (unpaired) electrons. The first-order valence-electron chi connectivity index (χ1n) is 1.54. The molecule has 0 fully saturated rings. The first-order valence-corrected chi connectivity index (χ1v) is 3.36. The zero-order valence-electron chi connectivity index (χ0n) is 3.53. The van der Waals surface area contributed by atoms with Gasteiger partial charge in [0.2, 0.25) is 0 Å². The van der Waals surface area contributed by atoms with Crippen molar-refractivity contribution in [2.45, 2.75) is 0 Å². The summed E-state index contributed by atoms with van der Waals surface area (Å²) in [6.07, 6.45) is 0. The second kappa shape index (κ2) is 6.58. The van der Waals surface area contributed by atoms with Crippen LogP contribution in [0.5, 0.6) is 0 Å². The largest absolute Gasteiger partial charge is 0.383 e. The highest BCUT2D eigenvalue weighted by molar-refractivity contribution is 8.07. The molecule has 0 unspecified atom stereocenters. The average Bonchev–Trinajstić information content (AvgIpc) is 1.69. The minimum atomic E-state index is -0.0764. The normalized spacial score (nSPS) is 9.43. The van der Waals surface area contributed by atoms with Crippen molar-refractivity contribution in [1.82, 2.24) is 0 Å². The average molecular weight is 142 g/mol. The molecule has 0 aromatic rings. The topological polar surface area (TPSA) is 49.7 Å². The van der Waals surface area contributed by atoms with Crippen LogP contribution in [0.15, 0.2) is 0 Å². The second-order valence-electron chi connectivity index (χ2n) is 0.562. The van der Waals surface area contributed by atoms with Gasteiger partial charge in [-0.3, -0.25) is 0 Å². The molecule has 44 valence electrons. The van der Waals surface area contributed by atoms with Gasteiger partial charge in [0.05, 0.1) is 0 Å². The molecule has 0 aromatic heterocycles. The Hall–Kier alpha value is 0.580. The Labute approximate surface area is 50.5 Å². The molecule has 0 saturated carbocycles. The van der Waals surface area contributed by atoms with Crippen molar-refractivity contribution in [3.05, 3.63) is 0 Å². The summed E-state index contributed by atoms with van der Waals surface area (Å²) < 4.78 is 4.47. The van der Waals surface area contributed by atoms with Crippen LogP contribution in [0.3, 0.4) is 0 Å². The van der Waals surface area contributed by atoms with Gasteiger partial charge in [0.1, 0.15) is 11.9 Å². The minimum Gasteiger partial charge on any atom is -0.383 e. The number of rotatable bonds is 4. The monoisotopic (exact) mass is 142 g/mol. The smallest absolute Gasteiger partial charge is 0.116 e. The third-order valence-corrected chi connectivity index (χ3v) is 1.18. The van der Waals surface area contributed by atoms with Gasteiger partial charge in [0.15, 0.2) is 0 Å². The van der Waals surface area contributed by atoms with E-state index in [0.29, 0.717) is 0 Å². The van der Waals surface area contributed by atoms with E-state index in [2.05, 4.69) is 3.63 Å². The third kappa shape index (κ3) is 6.58. The van der Waals surface area contributed by atoms with Crippen LogP contribution in [-0.4, -0.2) is 22.1 Å². The van der Waals surface area contributed by atoms with Crippen molar-refractivity contribution in [3.63, 3.8) is 0 Å². The van der Waals surface area contributed by atoms with E-state index in [-0.39, 0.29) is 11.9 Å². The van der Waals surface area contributed by atoms with Crippen LogP contribution in [0.2, 0.25) is 0 Å². The lowest BCUT2D eigenvalue weighted by Crippen LogP contribution is -1.74. The molecular formula is C2H6O3S2. The van der Waals surface area contributed by atoms with E-state index in [1.54, 1.807) is 0 Å². The fraction of sp³-hybridized carbons (Fsp3) is 1.00. The summed E-state index contributed by atoms with van der Waals surface area (Å²) in [6.45, 7) is 0. The molecule has 5 heteroatoms. The van der Waals surface area contributed by atoms with Crippen LogP contribution < -0.4 is 0 Å². The number of aliphatic hydroxyl groups is 2. The van der Waals surface area contributed by atoms with Crippen LogP contribution in [0.4, 0.5) is 0 Å². The molecule has 0 aliphatic heterocycles. The summed E-state index contributed by atoms with van der Waals surface area (Å²) in [6, 6.07) is 0. The van der Waals surface area contributed by atoms with Crippen molar-refractivity contribution in [1.29, 1.82) is 0 Å². The lowest BCUT2D eigenvalue weighted by Gasteiger charge is -1.90. The van der Waals surface area contributed by atoms with Crippen molar-refractivity contribution in [3.8, 4) is 0 Å². The Morgan fingerprint density at radius 2 is 1.57 bits per heavy atom. The summed E-state index contributed by atoms with van der Waals surface area (Å²) in [4.78, 5) is 0. The molecule has 0 rings (SSSR count). The maximum absolute atomic E-state index is 8.04. The zero-order valence-corrected chi connectivity index (χ0v) is 5.17. The van der Waals surface area contributed by atoms with E-state index in [1.165, 1.54) is 0 Å². The van der Waals surface area contributed by atoms with Gasteiger partial charge in [0.25, 0.3) is 0 Å². The highest BCUT2D eigenvalue weighted by Gasteiger charge is 1.82. The Morgan fingerprint density at radius 1 is 1.14 bits per heavy atom. The van der Waals surface area contributed by atoms with Gasteiger partial charge >= 0.3 is 0 Å². The van der Waals surface area contributed by atoms with Gasteiger partial charge in [-0.05, 0) is 0 Å². The second-order valence-corrected chi connectivity index (χ2v) is 2.09. The van der Waals surface area contributed by atoms with Gasteiger partial charge in [-0.1, -0.05) is 0 Å².